The van der Waals surface area contributed by atoms with E-state index < -0.39 is 17.9 Å². The summed E-state index contributed by atoms with van der Waals surface area (Å²) in [7, 11) is 0. The van der Waals surface area contributed by atoms with Crippen LogP contribution in [0.15, 0.2) is 66.7 Å². The maximum atomic E-state index is 13.2. The van der Waals surface area contributed by atoms with Crippen molar-refractivity contribution in [2.45, 2.75) is 18.6 Å². The largest absolute Gasteiger partial charge is 0.508 e. The van der Waals surface area contributed by atoms with Gasteiger partial charge in [-0.2, -0.15) is 0 Å². The van der Waals surface area contributed by atoms with Gasteiger partial charge in [0.05, 0.1) is 23.6 Å². The molecule has 28 heavy (non-hydrogen) atoms. The summed E-state index contributed by atoms with van der Waals surface area (Å²) in [5.74, 6) is -1.95. The van der Waals surface area contributed by atoms with E-state index >= 15 is 0 Å². The third-order valence-corrected chi connectivity index (χ3v) is 5.91. The average Bonchev–Trinajstić information content (AvgIpc) is 3.08. The second-order valence-corrected chi connectivity index (χ2v) is 7.43. The first kappa shape index (κ1) is 16.9. The monoisotopic (exact) mass is 374 g/mol. The molecule has 4 unspecified atom stereocenters. The first-order chi connectivity index (χ1) is 13.6. The molecule has 0 saturated carbocycles. The second kappa shape index (κ2) is 6.14. The van der Waals surface area contributed by atoms with E-state index in [4.69, 9.17) is 0 Å². The van der Waals surface area contributed by atoms with Crippen LogP contribution in [0.2, 0.25) is 0 Å². The first-order valence-corrected chi connectivity index (χ1v) is 9.25. The molecule has 2 fully saturated rings. The number of phenols is 1. The lowest BCUT2D eigenvalue weighted by Crippen LogP contribution is -2.48. The molecule has 2 bridgehead atoms. The Morgan fingerprint density at radius 3 is 2.25 bits per heavy atom. The van der Waals surface area contributed by atoms with Gasteiger partial charge in [0.25, 0.3) is 0 Å². The molecule has 3 heterocycles. The Balaban J connectivity index is 1.52. The number of phenolic OH excluding ortho intramolecular Hbond substituents is 1. The van der Waals surface area contributed by atoms with Gasteiger partial charge in [0, 0.05) is 12.6 Å². The molecule has 0 radical (unpaired) electrons. The fourth-order valence-corrected chi connectivity index (χ4v) is 4.72. The van der Waals surface area contributed by atoms with Crippen molar-refractivity contribution in [1.29, 1.82) is 0 Å². The first-order valence-electron chi connectivity index (χ1n) is 9.25. The van der Waals surface area contributed by atoms with Gasteiger partial charge in [-0.25, -0.2) is 4.90 Å². The number of hydrogen-bond donors (Lipinski definition) is 1. The molecule has 0 aromatic heterocycles. The molecule has 6 nitrogen and oxygen atoms in total. The lowest BCUT2D eigenvalue weighted by atomic mass is 9.90. The highest BCUT2D eigenvalue weighted by atomic mass is 16.3. The number of imide groups is 1. The third-order valence-electron chi connectivity index (χ3n) is 5.91. The van der Waals surface area contributed by atoms with Gasteiger partial charge in [-0.3, -0.25) is 19.3 Å². The predicted octanol–water partition coefficient (Wildman–Crippen LogP) is 1.89. The molecule has 3 aliphatic heterocycles. The van der Waals surface area contributed by atoms with Crippen molar-refractivity contribution >= 4 is 23.3 Å². The Labute approximate surface area is 161 Å². The molecule has 2 aromatic carbocycles. The van der Waals surface area contributed by atoms with Gasteiger partial charge in [0.15, 0.2) is 5.78 Å². The highest BCUT2D eigenvalue weighted by Gasteiger charge is 2.64. The number of carbonyl (C=O) groups is 3. The lowest BCUT2D eigenvalue weighted by Gasteiger charge is -2.33. The van der Waals surface area contributed by atoms with Crippen molar-refractivity contribution in [1.82, 2.24) is 4.90 Å². The third kappa shape index (κ3) is 2.34. The zero-order valence-electron chi connectivity index (χ0n) is 14.9. The molecule has 5 rings (SSSR count). The molecule has 4 atom stereocenters. The van der Waals surface area contributed by atoms with Crippen LogP contribution < -0.4 is 4.90 Å². The molecule has 140 valence electrons. The highest BCUT2D eigenvalue weighted by Crippen LogP contribution is 2.47. The van der Waals surface area contributed by atoms with Crippen LogP contribution in [0.4, 0.5) is 5.69 Å². The summed E-state index contributed by atoms with van der Waals surface area (Å²) in [5.41, 5.74) is 1.46. The Bertz CT molecular complexity index is 999. The van der Waals surface area contributed by atoms with E-state index in [0.717, 1.165) is 5.56 Å². The van der Waals surface area contributed by atoms with Crippen LogP contribution in [0, 0.1) is 11.8 Å². The van der Waals surface area contributed by atoms with Crippen LogP contribution in [-0.4, -0.2) is 39.7 Å². The van der Waals surface area contributed by atoms with Gasteiger partial charge < -0.3 is 5.11 Å². The van der Waals surface area contributed by atoms with E-state index in [1.54, 1.807) is 18.2 Å². The molecule has 2 amide bonds. The predicted molar refractivity (Wildman–Crippen MR) is 101 cm³/mol. The van der Waals surface area contributed by atoms with Crippen LogP contribution in [-0.2, 0) is 20.9 Å². The minimum atomic E-state index is -0.683. The summed E-state index contributed by atoms with van der Waals surface area (Å²) in [5, 5.41) is 9.48. The number of hydrogen-bond acceptors (Lipinski definition) is 5. The van der Waals surface area contributed by atoms with E-state index in [1.807, 2.05) is 35.2 Å². The summed E-state index contributed by atoms with van der Waals surface area (Å²) >= 11 is 0. The van der Waals surface area contributed by atoms with Crippen LogP contribution in [0.3, 0.4) is 0 Å². The molecule has 2 aromatic rings. The number of carbonyl (C=O) groups excluding carboxylic acids is 3. The van der Waals surface area contributed by atoms with Gasteiger partial charge >= 0.3 is 0 Å². The maximum Gasteiger partial charge on any atom is 0.239 e. The van der Waals surface area contributed by atoms with Gasteiger partial charge in [-0.1, -0.05) is 36.4 Å². The summed E-state index contributed by atoms with van der Waals surface area (Å²) in [6, 6.07) is 14.8. The van der Waals surface area contributed by atoms with Gasteiger partial charge in [-0.05, 0) is 35.9 Å². The lowest BCUT2D eigenvalue weighted by molar-refractivity contribution is -0.129. The minimum Gasteiger partial charge on any atom is -0.508 e. The van der Waals surface area contributed by atoms with Gasteiger partial charge in [-0.15, -0.1) is 0 Å². The quantitative estimate of drug-likeness (QED) is 0.830. The number of fused-ring (bicyclic) bond motifs is 5. The Morgan fingerprint density at radius 1 is 0.857 bits per heavy atom. The normalized spacial score (nSPS) is 28.9. The van der Waals surface area contributed by atoms with E-state index in [2.05, 4.69) is 0 Å². The van der Waals surface area contributed by atoms with Crippen LogP contribution in [0.25, 0.3) is 0 Å². The van der Waals surface area contributed by atoms with Crippen molar-refractivity contribution in [2.24, 2.45) is 11.8 Å². The smallest absolute Gasteiger partial charge is 0.239 e. The highest BCUT2D eigenvalue weighted by molar-refractivity contribution is 6.24. The number of amides is 2. The van der Waals surface area contributed by atoms with Gasteiger partial charge in [0.1, 0.15) is 5.75 Å². The molecule has 0 aliphatic carbocycles. The van der Waals surface area contributed by atoms with E-state index in [1.165, 1.54) is 23.1 Å². The summed E-state index contributed by atoms with van der Waals surface area (Å²) in [4.78, 5) is 42.2. The summed E-state index contributed by atoms with van der Waals surface area (Å²) < 4.78 is 0. The fraction of sp³-hybridized carbons (Fsp3) is 0.227. The summed E-state index contributed by atoms with van der Waals surface area (Å²) in [6.07, 6.45) is 3.28. The van der Waals surface area contributed by atoms with Crippen LogP contribution in [0.1, 0.15) is 5.56 Å². The van der Waals surface area contributed by atoms with Gasteiger partial charge in [0.2, 0.25) is 11.8 Å². The Kier molecular flexibility index (Phi) is 3.70. The topological polar surface area (TPSA) is 77.9 Å². The average molecular weight is 374 g/mol. The van der Waals surface area contributed by atoms with Crippen molar-refractivity contribution in [2.75, 3.05) is 4.90 Å². The van der Waals surface area contributed by atoms with E-state index in [9.17, 15) is 19.5 Å². The Morgan fingerprint density at radius 2 is 1.54 bits per heavy atom. The standard InChI is InChI=1S/C22H18N2O4/c25-15-8-6-14(7-9-15)24-21(27)18-16-10-11-17(26)20(19(18)22(24)28)23(16)12-13-4-2-1-3-5-13/h1-11,16,18-20,25H,12H2. The number of anilines is 1. The minimum absolute atomic E-state index is 0.0621. The SMILES string of the molecule is O=C1C=CC2C3C(=O)N(c4ccc(O)cc4)C(=O)C3C1N2Cc1ccccc1. The van der Waals surface area contributed by atoms with Crippen molar-refractivity contribution in [3.8, 4) is 5.75 Å². The molecule has 0 spiro atoms. The van der Waals surface area contributed by atoms with Crippen LogP contribution >= 0.6 is 0 Å². The number of nitrogens with zero attached hydrogens (tertiary/aromatic N) is 2. The Hall–Kier alpha value is -3.25. The maximum absolute atomic E-state index is 13.2. The second-order valence-electron chi connectivity index (χ2n) is 7.43. The molecule has 6 heteroatoms. The summed E-state index contributed by atoms with van der Waals surface area (Å²) in [6.45, 7) is 0.513. The molecular formula is C22H18N2O4. The van der Waals surface area contributed by atoms with Crippen molar-refractivity contribution in [3.63, 3.8) is 0 Å². The molecule has 3 aliphatic rings. The zero-order chi connectivity index (χ0) is 19.4. The van der Waals surface area contributed by atoms with E-state index in [-0.39, 0.29) is 29.4 Å². The number of ketones is 1. The molecule has 2 saturated heterocycles. The number of rotatable bonds is 3. The molecular weight excluding hydrogens is 356 g/mol. The fourth-order valence-electron chi connectivity index (χ4n) is 4.72. The van der Waals surface area contributed by atoms with Crippen molar-refractivity contribution in [3.05, 3.63) is 72.3 Å². The molecule has 1 N–H and O–H groups in total. The van der Waals surface area contributed by atoms with Crippen LogP contribution in [0.5, 0.6) is 5.75 Å². The number of benzene rings is 2. The number of aromatic hydroxyl groups is 1. The zero-order valence-corrected chi connectivity index (χ0v) is 14.9. The van der Waals surface area contributed by atoms with E-state index in [0.29, 0.717) is 12.2 Å². The van der Waals surface area contributed by atoms with Crippen molar-refractivity contribution < 1.29 is 19.5 Å².